The second kappa shape index (κ2) is 5.57. The molecule has 0 aliphatic carbocycles. The first-order valence-corrected chi connectivity index (χ1v) is 7.05. The van der Waals surface area contributed by atoms with Gasteiger partial charge in [-0.05, 0) is 31.2 Å². The molecule has 2 heterocycles. The molecular weight excluding hydrogens is 228 g/mol. The van der Waals surface area contributed by atoms with E-state index in [-0.39, 0.29) is 11.5 Å². The molecule has 0 spiro atoms. The fourth-order valence-electron chi connectivity index (χ4n) is 3.22. The number of methoxy groups -OCH3 is 1. The number of hydrogen-bond acceptors (Lipinski definition) is 3. The van der Waals surface area contributed by atoms with Gasteiger partial charge in [-0.2, -0.15) is 0 Å². The molecule has 1 amide bonds. The highest BCUT2D eigenvalue weighted by molar-refractivity contribution is 5.83. The Morgan fingerprint density at radius 3 is 2.94 bits per heavy atom. The minimum Gasteiger partial charge on any atom is -0.384 e. The third-order valence-corrected chi connectivity index (χ3v) is 4.37. The van der Waals surface area contributed by atoms with Gasteiger partial charge in [-0.3, -0.25) is 4.79 Å². The predicted octanol–water partition coefficient (Wildman–Crippen LogP) is 1.26. The average Bonchev–Trinajstić information content (AvgIpc) is 2.77. The molecule has 2 saturated heterocycles. The van der Waals surface area contributed by atoms with Gasteiger partial charge in [0.2, 0.25) is 5.91 Å². The Morgan fingerprint density at radius 1 is 1.50 bits per heavy atom. The molecular formula is C14H26N2O2. The summed E-state index contributed by atoms with van der Waals surface area (Å²) in [6, 6.07) is -0.00690. The van der Waals surface area contributed by atoms with Gasteiger partial charge in [-0.25, -0.2) is 0 Å². The van der Waals surface area contributed by atoms with Crippen molar-refractivity contribution in [1.29, 1.82) is 0 Å². The molecule has 2 atom stereocenters. The second-order valence-corrected chi connectivity index (χ2v) is 6.37. The summed E-state index contributed by atoms with van der Waals surface area (Å²) in [6.07, 6.45) is 3.38. The third kappa shape index (κ3) is 2.86. The summed E-state index contributed by atoms with van der Waals surface area (Å²) in [5, 5.41) is 3.41. The lowest BCUT2D eigenvalue weighted by Crippen LogP contribution is -2.56. The molecule has 0 aromatic heterocycles. The van der Waals surface area contributed by atoms with E-state index in [1.165, 1.54) is 6.42 Å². The summed E-state index contributed by atoms with van der Waals surface area (Å²) >= 11 is 0. The number of nitrogens with one attached hydrogen (secondary N) is 1. The average molecular weight is 254 g/mol. The number of carbonyl (C=O) groups excluding carboxylic acids is 1. The van der Waals surface area contributed by atoms with Crippen LogP contribution in [0.15, 0.2) is 0 Å². The number of likely N-dealkylation sites (tertiary alicyclic amines) is 1. The molecule has 4 heteroatoms. The van der Waals surface area contributed by atoms with E-state index in [4.69, 9.17) is 4.74 Å². The fourth-order valence-corrected chi connectivity index (χ4v) is 3.22. The van der Waals surface area contributed by atoms with Crippen molar-refractivity contribution in [1.82, 2.24) is 10.2 Å². The van der Waals surface area contributed by atoms with E-state index in [2.05, 4.69) is 19.2 Å². The van der Waals surface area contributed by atoms with E-state index in [1.54, 1.807) is 7.11 Å². The third-order valence-electron chi connectivity index (χ3n) is 4.37. The quantitative estimate of drug-likeness (QED) is 0.824. The predicted molar refractivity (Wildman–Crippen MR) is 71.4 cm³/mol. The molecule has 2 fully saturated rings. The highest BCUT2D eigenvalue weighted by atomic mass is 16.5. The van der Waals surface area contributed by atoms with E-state index in [9.17, 15) is 4.79 Å². The first-order valence-electron chi connectivity index (χ1n) is 7.05. The number of piperidine rings is 1. The van der Waals surface area contributed by atoms with Gasteiger partial charge in [0.1, 0.15) is 0 Å². The SMILES string of the molecule is COCC1CCN(C(=O)C2NCCCC2(C)C)C1. The van der Waals surface area contributed by atoms with Gasteiger partial charge in [0.15, 0.2) is 0 Å². The van der Waals surface area contributed by atoms with Crippen molar-refractivity contribution < 1.29 is 9.53 Å². The van der Waals surface area contributed by atoms with E-state index in [0.29, 0.717) is 11.8 Å². The summed E-state index contributed by atoms with van der Waals surface area (Å²) in [4.78, 5) is 14.6. The van der Waals surface area contributed by atoms with Crippen molar-refractivity contribution in [2.45, 2.75) is 39.2 Å². The summed E-state index contributed by atoms with van der Waals surface area (Å²) in [5.74, 6) is 0.809. The van der Waals surface area contributed by atoms with Gasteiger partial charge in [0.25, 0.3) is 0 Å². The first kappa shape index (κ1) is 13.8. The zero-order valence-corrected chi connectivity index (χ0v) is 11.9. The normalized spacial score (nSPS) is 31.6. The molecule has 1 N–H and O–H groups in total. The van der Waals surface area contributed by atoms with Gasteiger partial charge in [0.05, 0.1) is 12.6 Å². The Bertz CT molecular complexity index is 304. The van der Waals surface area contributed by atoms with Crippen molar-refractivity contribution in [2.75, 3.05) is 33.4 Å². The molecule has 2 unspecified atom stereocenters. The van der Waals surface area contributed by atoms with E-state index < -0.39 is 0 Å². The van der Waals surface area contributed by atoms with E-state index in [0.717, 1.165) is 39.1 Å². The van der Waals surface area contributed by atoms with Gasteiger partial charge in [0, 0.05) is 26.1 Å². The number of rotatable bonds is 3. The Hall–Kier alpha value is -0.610. The lowest BCUT2D eigenvalue weighted by Gasteiger charge is -2.40. The summed E-state index contributed by atoms with van der Waals surface area (Å²) in [7, 11) is 1.73. The smallest absolute Gasteiger partial charge is 0.240 e. The fraction of sp³-hybridized carbons (Fsp3) is 0.929. The molecule has 18 heavy (non-hydrogen) atoms. The number of ether oxygens (including phenoxy) is 1. The van der Waals surface area contributed by atoms with Crippen LogP contribution in [0.5, 0.6) is 0 Å². The number of carbonyl (C=O) groups is 1. The topological polar surface area (TPSA) is 41.6 Å². The minimum absolute atomic E-state index is 0.00690. The van der Waals surface area contributed by atoms with Crippen LogP contribution in [0.25, 0.3) is 0 Å². The maximum Gasteiger partial charge on any atom is 0.240 e. The van der Waals surface area contributed by atoms with Gasteiger partial charge in [-0.1, -0.05) is 13.8 Å². The van der Waals surface area contributed by atoms with Crippen molar-refractivity contribution >= 4 is 5.91 Å². The number of nitrogens with zero attached hydrogens (tertiary/aromatic N) is 1. The molecule has 104 valence electrons. The summed E-state index contributed by atoms with van der Waals surface area (Å²) < 4.78 is 5.19. The van der Waals surface area contributed by atoms with Crippen LogP contribution in [0.3, 0.4) is 0 Å². The van der Waals surface area contributed by atoms with Gasteiger partial charge in [-0.15, -0.1) is 0 Å². The zero-order chi connectivity index (χ0) is 13.2. The Balaban J connectivity index is 1.95. The Kier molecular flexibility index (Phi) is 4.28. The molecule has 0 aromatic carbocycles. The van der Waals surface area contributed by atoms with Crippen molar-refractivity contribution in [2.24, 2.45) is 11.3 Å². The number of amides is 1. The maximum atomic E-state index is 12.6. The highest BCUT2D eigenvalue weighted by Gasteiger charge is 2.40. The van der Waals surface area contributed by atoms with Crippen molar-refractivity contribution in [3.63, 3.8) is 0 Å². The largest absolute Gasteiger partial charge is 0.384 e. The van der Waals surface area contributed by atoms with E-state index in [1.807, 2.05) is 4.90 Å². The molecule has 4 nitrogen and oxygen atoms in total. The van der Waals surface area contributed by atoms with E-state index >= 15 is 0 Å². The van der Waals surface area contributed by atoms with Crippen molar-refractivity contribution in [3.05, 3.63) is 0 Å². The van der Waals surface area contributed by atoms with Crippen LogP contribution in [0, 0.1) is 11.3 Å². The second-order valence-electron chi connectivity index (χ2n) is 6.37. The van der Waals surface area contributed by atoms with Crippen LogP contribution in [0.1, 0.15) is 33.1 Å². The molecule has 0 radical (unpaired) electrons. The van der Waals surface area contributed by atoms with Crippen LogP contribution in [0.4, 0.5) is 0 Å². The zero-order valence-electron chi connectivity index (χ0n) is 11.9. The van der Waals surface area contributed by atoms with Crippen molar-refractivity contribution in [3.8, 4) is 0 Å². The molecule has 2 rings (SSSR count). The molecule has 2 aliphatic heterocycles. The monoisotopic (exact) mass is 254 g/mol. The van der Waals surface area contributed by atoms with Crippen LogP contribution in [-0.4, -0.2) is 50.2 Å². The number of hydrogen-bond donors (Lipinski definition) is 1. The molecule has 0 saturated carbocycles. The lowest BCUT2D eigenvalue weighted by molar-refractivity contribution is -0.136. The molecule has 2 aliphatic rings. The van der Waals surface area contributed by atoms with Crippen LogP contribution in [-0.2, 0) is 9.53 Å². The Labute approximate surface area is 110 Å². The first-order chi connectivity index (χ1) is 8.54. The van der Waals surface area contributed by atoms with Crippen LogP contribution in [0.2, 0.25) is 0 Å². The van der Waals surface area contributed by atoms with Gasteiger partial charge < -0.3 is 15.0 Å². The van der Waals surface area contributed by atoms with Crippen LogP contribution >= 0.6 is 0 Å². The molecule has 0 bridgehead atoms. The van der Waals surface area contributed by atoms with Gasteiger partial charge >= 0.3 is 0 Å². The Morgan fingerprint density at radius 2 is 2.28 bits per heavy atom. The highest BCUT2D eigenvalue weighted by Crippen LogP contribution is 2.32. The van der Waals surface area contributed by atoms with Crippen LogP contribution < -0.4 is 5.32 Å². The summed E-state index contributed by atoms with van der Waals surface area (Å²) in [5.41, 5.74) is 0.0781. The standard InChI is InChI=1S/C14H26N2O2/c1-14(2)6-4-7-15-12(14)13(17)16-8-5-11(9-16)10-18-3/h11-12,15H,4-10H2,1-3H3. The maximum absolute atomic E-state index is 12.6. The minimum atomic E-state index is -0.00690. The lowest BCUT2D eigenvalue weighted by atomic mass is 9.77. The molecule has 0 aromatic rings. The summed E-state index contributed by atoms with van der Waals surface area (Å²) in [6.45, 7) is 7.89.